The van der Waals surface area contributed by atoms with Gasteiger partial charge in [-0.25, -0.2) is 4.98 Å². The molecule has 1 N–H and O–H groups in total. The van der Waals surface area contributed by atoms with Gasteiger partial charge in [0.05, 0.1) is 12.2 Å². The second-order valence-corrected chi connectivity index (χ2v) is 8.54. The summed E-state index contributed by atoms with van der Waals surface area (Å²) in [5.41, 5.74) is 5.56. The van der Waals surface area contributed by atoms with Crippen molar-refractivity contribution in [2.75, 3.05) is 11.9 Å². The highest BCUT2D eigenvalue weighted by Gasteiger charge is 2.15. The number of rotatable bonds is 9. The lowest BCUT2D eigenvalue weighted by atomic mass is 10.0. The fourth-order valence-electron chi connectivity index (χ4n) is 3.35. The number of nitrogens with one attached hydrogen (secondary N) is 1. The number of aryl methyl sites for hydroxylation is 4. The Labute approximate surface area is 188 Å². The van der Waals surface area contributed by atoms with Gasteiger partial charge in [0.25, 0.3) is 0 Å². The molecule has 0 saturated heterocycles. The molecule has 0 radical (unpaired) electrons. The summed E-state index contributed by atoms with van der Waals surface area (Å²) in [4.78, 5) is 30.9. The fourth-order valence-corrected chi connectivity index (χ4v) is 4.16. The van der Waals surface area contributed by atoms with E-state index in [4.69, 9.17) is 0 Å². The van der Waals surface area contributed by atoms with Crippen LogP contribution in [0.4, 0.5) is 5.13 Å². The second kappa shape index (κ2) is 10.9. The molecule has 6 heteroatoms. The van der Waals surface area contributed by atoms with Crippen molar-refractivity contribution in [1.29, 1.82) is 0 Å². The van der Waals surface area contributed by atoms with E-state index in [1.807, 2.05) is 29.6 Å². The van der Waals surface area contributed by atoms with Gasteiger partial charge in [0, 0.05) is 25.3 Å². The summed E-state index contributed by atoms with van der Waals surface area (Å²) in [6.45, 7) is 4.49. The molecule has 0 atom stereocenters. The molecule has 3 aromatic rings. The highest BCUT2D eigenvalue weighted by molar-refractivity contribution is 7.14. The Morgan fingerprint density at radius 3 is 2.13 bits per heavy atom. The van der Waals surface area contributed by atoms with Crippen molar-refractivity contribution in [3.63, 3.8) is 0 Å². The van der Waals surface area contributed by atoms with Gasteiger partial charge in [-0.3, -0.25) is 14.5 Å². The first-order valence-corrected chi connectivity index (χ1v) is 11.4. The molecule has 0 aliphatic heterocycles. The third kappa shape index (κ3) is 6.49. The maximum Gasteiger partial charge on any atom is 0.228 e. The molecule has 5 nitrogen and oxygen atoms in total. The molecule has 0 spiro atoms. The van der Waals surface area contributed by atoms with Gasteiger partial charge in [0.15, 0.2) is 5.13 Å². The summed E-state index contributed by atoms with van der Waals surface area (Å²) in [6.07, 6.45) is 2.31. The minimum atomic E-state index is 0.000431. The van der Waals surface area contributed by atoms with E-state index in [0.717, 1.165) is 12.1 Å². The van der Waals surface area contributed by atoms with Crippen LogP contribution in [0.15, 0.2) is 53.9 Å². The summed E-state index contributed by atoms with van der Waals surface area (Å²) in [6, 6.07) is 16.2. The van der Waals surface area contributed by atoms with Crippen LogP contribution in [-0.4, -0.2) is 23.8 Å². The number of hydrogen-bond donors (Lipinski definition) is 1. The molecule has 31 heavy (non-hydrogen) atoms. The molecule has 0 aliphatic carbocycles. The van der Waals surface area contributed by atoms with Crippen LogP contribution in [0, 0.1) is 13.8 Å². The molecule has 0 aliphatic rings. The summed E-state index contributed by atoms with van der Waals surface area (Å²) < 4.78 is 0. The van der Waals surface area contributed by atoms with Crippen molar-refractivity contribution in [2.45, 2.75) is 46.1 Å². The first kappa shape index (κ1) is 22.7. The number of amides is 2. The minimum Gasteiger partial charge on any atom is -0.350 e. The number of thiazole rings is 1. The van der Waals surface area contributed by atoms with E-state index in [2.05, 4.69) is 48.4 Å². The molecule has 0 saturated carbocycles. The van der Waals surface area contributed by atoms with E-state index in [1.54, 1.807) is 11.9 Å². The van der Waals surface area contributed by atoms with Gasteiger partial charge in [-0.1, -0.05) is 48.5 Å². The molecule has 2 aromatic carbocycles. The predicted octanol–water partition coefficient (Wildman–Crippen LogP) is 4.60. The van der Waals surface area contributed by atoms with Crippen LogP contribution >= 0.6 is 11.3 Å². The first-order valence-electron chi connectivity index (χ1n) is 10.5. The first-order chi connectivity index (χ1) is 14.9. The van der Waals surface area contributed by atoms with Gasteiger partial charge in [0.2, 0.25) is 11.8 Å². The van der Waals surface area contributed by atoms with E-state index in [0.29, 0.717) is 30.9 Å². The van der Waals surface area contributed by atoms with Gasteiger partial charge < -0.3 is 5.32 Å². The maximum absolute atomic E-state index is 12.6. The zero-order valence-electron chi connectivity index (χ0n) is 18.4. The van der Waals surface area contributed by atoms with Crippen LogP contribution in [0.3, 0.4) is 0 Å². The summed E-state index contributed by atoms with van der Waals surface area (Å²) in [5.74, 6) is 0.0342. The average molecular weight is 436 g/mol. The molecule has 3 rings (SSSR count). The Kier molecular flexibility index (Phi) is 7.95. The van der Waals surface area contributed by atoms with E-state index < -0.39 is 0 Å². The maximum atomic E-state index is 12.6. The topological polar surface area (TPSA) is 62.3 Å². The van der Waals surface area contributed by atoms with E-state index in [1.165, 1.54) is 33.6 Å². The third-order valence-corrected chi connectivity index (χ3v) is 6.39. The van der Waals surface area contributed by atoms with Crippen LogP contribution in [0.5, 0.6) is 0 Å². The van der Waals surface area contributed by atoms with Crippen molar-refractivity contribution in [2.24, 2.45) is 0 Å². The zero-order chi connectivity index (χ0) is 22.2. The van der Waals surface area contributed by atoms with Gasteiger partial charge in [0.1, 0.15) is 0 Å². The van der Waals surface area contributed by atoms with E-state index in [-0.39, 0.29) is 11.8 Å². The summed E-state index contributed by atoms with van der Waals surface area (Å²) in [5, 5.41) is 5.47. The molecule has 1 aromatic heterocycles. The number of nitrogens with zero attached hydrogens (tertiary/aromatic N) is 2. The molecule has 1 heterocycles. The van der Waals surface area contributed by atoms with E-state index in [9.17, 15) is 9.59 Å². The van der Waals surface area contributed by atoms with Crippen LogP contribution in [-0.2, 0) is 29.0 Å². The zero-order valence-corrected chi connectivity index (χ0v) is 19.2. The lowest BCUT2D eigenvalue weighted by Crippen LogP contribution is -2.27. The number of carbonyl (C=O) groups excluding carboxylic acids is 2. The molecular weight excluding hydrogens is 406 g/mol. The van der Waals surface area contributed by atoms with Gasteiger partial charge in [-0.2, -0.15) is 0 Å². The smallest absolute Gasteiger partial charge is 0.228 e. The minimum absolute atomic E-state index is 0.000431. The largest absolute Gasteiger partial charge is 0.350 e. The molecule has 2 amide bonds. The fraction of sp³-hybridized carbons (Fsp3) is 0.320. The molecular formula is C25H29N3O2S. The molecule has 162 valence electrons. The van der Waals surface area contributed by atoms with Crippen molar-refractivity contribution in [3.8, 4) is 0 Å². The third-order valence-electron chi connectivity index (χ3n) is 5.42. The summed E-state index contributed by atoms with van der Waals surface area (Å²) in [7, 11) is 1.75. The number of anilines is 1. The number of benzene rings is 2. The Hall–Kier alpha value is -2.99. The van der Waals surface area contributed by atoms with Crippen molar-refractivity contribution >= 4 is 28.3 Å². The number of carbonyl (C=O) groups is 2. The Morgan fingerprint density at radius 1 is 0.935 bits per heavy atom. The van der Waals surface area contributed by atoms with Crippen LogP contribution < -0.4 is 10.2 Å². The lowest BCUT2D eigenvalue weighted by Gasteiger charge is -2.14. The Morgan fingerprint density at radius 2 is 1.52 bits per heavy atom. The van der Waals surface area contributed by atoms with Gasteiger partial charge >= 0.3 is 0 Å². The highest BCUT2D eigenvalue weighted by Crippen LogP contribution is 2.21. The predicted molar refractivity (Wildman–Crippen MR) is 126 cm³/mol. The summed E-state index contributed by atoms with van der Waals surface area (Å²) >= 11 is 1.42. The lowest BCUT2D eigenvalue weighted by molar-refractivity contribution is -0.121. The average Bonchev–Trinajstić information content (AvgIpc) is 3.25. The quantitative estimate of drug-likeness (QED) is 0.534. The standard InChI is InChI=1S/C25H29N3O2S/c1-18-8-4-6-10-20(18)12-14-23(29)26-16-22-17-31-25(27-22)28(3)24(30)15-13-21-11-7-5-9-19(21)2/h4-11,17H,12-16H2,1-3H3,(H,26,29). The monoisotopic (exact) mass is 435 g/mol. The SMILES string of the molecule is Cc1ccccc1CCC(=O)NCc1csc(N(C)C(=O)CCc2ccccc2C)n1. The molecule has 0 fully saturated rings. The Bertz CT molecular complexity index is 1040. The Balaban J connectivity index is 1.45. The molecule has 0 unspecified atom stereocenters. The van der Waals surface area contributed by atoms with Crippen LogP contribution in [0.2, 0.25) is 0 Å². The molecule has 0 bridgehead atoms. The number of hydrogen-bond acceptors (Lipinski definition) is 4. The van der Waals surface area contributed by atoms with Gasteiger partial charge in [-0.05, 0) is 48.9 Å². The van der Waals surface area contributed by atoms with Crippen LogP contribution in [0.25, 0.3) is 0 Å². The van der Waals surface area contributed by atoms with Crippen molar-refractivity contribution in [3.05, 3.63) is 81.9 Å². The normalized spacial score (nSPS) is 10.7. The van der Waals surface area contributed by atoms with Crippen LogP contribution in [0.1, 0.15) is 40.8 Å². The highest BCUT2D eigenvalue weighted by atomic mass is 32.1. The van der Waals surface area contributed by atoms with Gasteiger partial charge in [-0.15, -0.1) is 11.3 Å². The van der Waals surface area contributed by atoms with Crippen molar-refractivity contribution < 1.29 is 9.59 Å². The second-order valence-electron chi connectivity index (χ2n) is 7.70. The number of aromatic nitrogens is 1. The van der Waals surface area contributed by atoms with Crippen molar-refractivity contribution in [1.82, 2.24) is 10.3 Å². The van der Waals surface area contributed by atoms with E-state index >= 15 is 0 Å².